The minimum absolute atomic E-state index is 0.0597. The fourth-order valence-corrected chi connectivity index (χ4v) is 3.16. The van der Waals surface area contributed by atoms with Crippen LogP contribution in [0, 0.1) is 11.3 Å². The minimum Gasteiger partial charge on any atom is -0.506 e. The van der Waals surface area contributed by atoms with E-state index >= 15 is 0 Å². The molecule has 26 heavy (non-hydrogen) atoms. The van der Waals surface area contributed by atoms with Crippen molar-refractivity contribution in [3.05, 3.63) is 76.6 Å². The number of hydrogen-bond donors (Lipinski definition) is 3. The Morgan fingerprint density at radius 1 is 1.19 bits per heavy atom. The summed E-state index contributed by atoms with van der Waals surface area (Å²) >= 11 is 5.92. The van der Waals surface area contributed by atoms with Gasteiger partial charge < -0.3 is 16.2 Å². The van der Waals surface area contributed by atoms with Crippen molar-refractivity contribution in [2.24, 2.45) is 5.73 Å². The summed E-state index contributed by atoms with van der Waals surface area (Å²) in [6.07, 6.45) is 0. The minimum atomic E-state index is -0.558. The fourth-order valence-electron chi connectivity index (χ4n) is 3.04. The number of nitrogens with two attached hydrogens (primary N) is 1. The van der Waals surface area contributed by atoms with Crippen molar-refractivity contribution >= 4 is 17.4 Å². The lowest BCUT2D eigenvalue weighted by Gasteiger charge is -2.26. The van der Waals surface area contributed by atoms with Gasteiger partial charge >= 0.3 is 0 Å². The quantitative estimate of drug-likeness (QED) is 0.645. The Labute approximate surface area is 154 Å². The molecule has 0 fully saturated rings. The highest BCUT2D eigenvalue weighted by molar-refractivity contribution is 6.32. The number of phenolic OH excluding ortho intramolecular Hbond substituents is 1. The van der Waals surface area contributed by atoms with Gasteiger partial charge in [-0.1, -0.05) is 48.0 Å². The Bertz CT molecular complexity index is 1070. The van der Waals surface area contributed by atoms with Gasteiger partial charge in [-0.25, -0.2) is 4.68 Å². The molecule has 0 amide bonds. The fraction of sp³-hybridized carbons (Fsp3) is 0.0526. The highest BCUT2D eigenvalue weighted by Crippen LogP contribution is 2.38. The molecule has 0 saturated carbocycles. The number of nitrogens with one attached hydrogen (secondary N) is 1. The van der Waals surface area contributed by atoms with Crippen molar-refractivity contribution in [2.45, 2.75) is 6.04 Å². The number of hydrogen-bond acceptors (Lipinski definition) is 5. The van der Waals surface area contributed by atoms with Gasteiger partial charge in [0, 0.05) is 11.6 Å². The molecule has 128 valence electrons. The van der Waals surface area contributed by atoms with Crippen LogP contribution in [-0.4, -0.2) is 14.9 Å². The Morgan fingerprint density at radius 2 is 1.96 bits per heavy atom. The van der Waals surface area contributed by atoms with Gasteiger partial charge in [-0.15, -0.1) is 0 Å². The normalized spacial score (nSPS) is 15.9. The summed E-state index contributed by atoms with van der Waals surface area (Å²) in [5.74, 6) is 0.870. The van der Waals surface area contributed by atoms with Crippen molar-refractivity contribution in [3.8, 4) is 23.1 Å². The maximum absolute atomic E-state index is 9.98. The summed E-state index contributed by atoms with van der Waals surface area (Å²) in [7, 11) is 0. The molecule has 2 heterocycles. The Balaban J connectivity index is 1.89. The van der Waals surface area contributed by atoms with E-state index in [1.807, 2.05) is 36.4 Å². The topological polar surface area (TPSA) is 99.9 Å². The number of nitrogens with zero attached hydrogens (tertiary/aromatic N) is 3. The van der Waals surface area contributed by atoms with Crippen LogP contribution < -0.4 is 11.1 Å². The van der Waals surface area contributed by atoms with Gasteiger partial charge in [0.05, 0.1) is 16.3 Å². The first-order chi connectivity index (χ1) is 12.6. The molecule has 1 unspecified atom stereocenters. The summed E-state index contributed by atoms with van der Waals surface area (Å²) in [6.45, 7) is 0. The second-order valence-corrected chi connectivity index (χ2v) is 6.31. The Morgan fingerprint density at radius 3 is 2.65 bits per heavy atom. The van der Waals surface area contributed by atoms with Gasteiger partial charge in [0.2, 0.25) is 0 Å². The Kier molecular flexibility index (Phi) is 3.79. The zero-order chi connectivity index (χ0) is 18.3. The number of aromatic nitrogens is 2. The first-order valence-electron chi connectivity index (χ1n) is 7.88. The molecular weight excluding hydrogens is 350 g/mol. The molecule has 0 spiro atoms. The van der Waals surface area contributed by atoms with E-state index in [0.717, 1.165) is 11.3 Å². The van der Waals surface area contributed by atoms with Crippen LogP contribution in [0.3, 0.4) is 0 Å². The molecule has 4 rings (SSSR count). The predicted octanol–water partition coefficient (Wildman–Crippen LogP) is 3.62. The number of allylic oxidation sites excluding steroid dienone is 1. The van der Waals surface area contributed by atoms with Crippen molar-refractivity contribution in [1.29, 1.82) is 5.26 Å². The third-order valence-electron chi connectivity index (χ3n) is 4.28. The van der Waals surface area contributed by atoms with Crippen LogP contribution >= 0.6 is 11.6 Å². The number of benzene rings is 2. The standard InChI is InChI=1S/C19H14ClN5O/c20-14-7-6-12(8-16(14)26)18-13(10-21)19(22)23-17-9-15(24-25(17)18)11-4-2-1-3-5-11/h1-9,18,23,26H,22H2. The molecule has 6 nitrogen and oxygen atoms in total. The van der Waals surface area contributed by atoms with Crippen LogP contribution in [0.1, 0.15) is 11.6 Å². The van der Waals surface area contributed by atoms with Crippen LogP contribution in [0.5, 0.6) is 5.75 Å². The smallest absolute Gasteiger partial charge is 0.134 e. The SMILES string of the molecule is N#CC1=C(N)Nc2cc(-c3ccccc3)nn2C1c1ccc(Cl)c(O)c1. The molecule has 1 aliphatic rings. The molecule has 4 N–H and O–H groups in total. The number of halogens is 1. The zero-order valence-corrected chi connectivity index (χ0v) is 14.3. The van der Waals surface area contributed by atoms with E-state index in [1.165, 1.54) is 6.07 Å². The van der Waals surface area contributed by atoms with Crippen LogP contribution in [0.15, 0.2) is 66.0 Å². The van der Waals surface area contributed by atoms with E-state index in [0.29, 0.717) is 17.0 Å². The van der Waals surface area contributed by atoms with Crippen LogP contribution in [0.2, 0.25) is 5.02 Å². The lowest BCUT2D eigenvalue weighted by atomic mass is 9.98. The molecule has 1 aliphatic heterocycles. The first kappa shape index (κ1) is 16.1. The van der Waals surface area contributed by atoms with E-state index < -0.39 is 6.04 Å². The molecular formula is C19H14ClN5O. The summed E-state index contributed by atoms with van der Waals surface area (Å²) in [4.78, 5) is 0. The molecule has 0 bridgehead atoms. The Hall–Kier alpha value is -3.43. The van der Waals surface area contributed by atoms with Gasteiger partial charge in [0.1, 0.15) is 29.5 Å². The van der Waals surface area contributed by atoms with Crippen molar-refractivity contribution < 1.29 is 5.11 Å². The first-order valence-corrected chi connectivity index (χ1v) is 8.26. The molecule has 1 atom stereocenters. The van der Waals surface area contributed by atoms with E-state index in [2.05, 4.69) is 16.5 Å². The third-order valence-corrected chi connectivity index (χ3v) is 4.60. The monoisotopic (exact) mass is 363 g/mol. The summed E-state index contributed by atoms with van der Waals surface area (Å²) in [6, 6.07) is 18.0. The molecule has 0 saturated heterocycles. The average Bonchev–Trinajstić information content (AvgIpc) is 3.07. The molecule has 7 heteroatoms. The van der Waals surface area contributed by atoms with E-state index in [1.54, 1.807) is 16.8 Å². The van der Waals surface area contributed by atoms with Crippen molar-refractivity contribution in [1.82, 2.24) is 9.78 Å². The van der Waals surface area contributed by atoms with Gasteiger partial charge in [-0.05, 0) is 17.7 Å². The maximum atomic E-state index is 9.98. The number of fused-ring (bicyclic) bond motifs is 1. The van der Waals surface area contributed by atoms with Crippen molar-refractivity contribution in [2.75, 3.05) is 5.32 Å². The highest BCUT2D eigenvalue weighted by atomic mass is 35.5. The van der Waals surface area contributed by atoms with Gasteiger partial charge in [-0.2, -0.15) is 10.4 Å². The number of phenols is 1. The molecule has 0 aliphatic carbocycles. The summed E-state index contributed by atoms with van der Waals surface area (Å²) in [5, 5.41) is 27.5. The number of nitriles is 1. The zero-order valence-electron chi connectivity index (χ0n) is 13.5. The third kappa shape index (κ3) is 2.55. The van der Waals surface area contributed by atoms with Crippen LogP contribution in [0.25, 0.3) is 11.3 Å². The molecule has 0 radical (unpaired) electrons. The highest BCUT2D eigenvalue weighted by Gasteiger charge is 2.30. The van der Waals surface area contributed by atoms with E-state index in [-0.39, 0.29) is 16.6 Å². The van der Waals surface area contributed by atoms with E-state index in [4.69, 9.17) is 17.3 Å². The van der Waals surface area contributed by atoms with Crippen LogP contribution in [-0.2, 0) is 0 Å². The summed E-state index contributed by atoms with van der Waals surface area (Å²) < 4.78 is 1.69. The van der Waals surface area contributed by atoms with Gasteiger partial charge in [-0.3, -0.25) is 0 Å². The summed E-state index contributed by atoms with van der Waals surface area (Å²) in [5.41, 5.74) is 8.75. The van der Waals surface area contributed by atoms with Crippen molar-refractivity contribution in [3.63, 3.8) is 0 Å². The number of anilines is 1. The largest absolute Gasteiger partial charge is 0.506 e. The molecule has 1 aromatic heterocycles. The second-order valence-electron chi connectivity index (χ2n) is 5.90. The predicted molar refractivity (Wildman–Crippen MR) is 99.4 cm³/mol. The average molecular weight is 364 g/mol. The number of rotatable bonds is 2. The van der Waals surface area contributed by atoms with Gasteiger partial charge in [0.15, 0.2) is 0 Å². The lowest BCUT2D eigenvalue weighted by molar-refractivity contribution is 0.473. The molecule has 3 aromatic rings. The number of aromatic hydroxyl groups is 1. The molecule has 2 aromatic carbocycles. The lowest BCUT2D eigenvalue weighted by Crippen LogP contribution is -2.28. The van der Waals surface area contributed by atoms with Gasteiger partial charge in [0.25, 0.3) is 0 Å². The maximum Gasteiger partial charge on any atom is 0.134 e. The van der Waals surface area contributed by atoms with E-state index in [9.17, 15) is 10.4 Å². The second kappa shape index (κ2) is 6.14. The van der Waals surface area contributed by atoms with Crippen LogP contribution in [0.4, 0.5) is 5.82 Å².